The van der Waals surface area contributed by atoms with E-state index in [0.29, 0.717) is 31.2 Å². The maximum atomic E-state index is 12.9. The third-order valence-corrected chi connectivity index (χ3v) is 5.21. The first-order chi connectivity index (χ1) is 11.5. The summed E-state index contributed by atoms with van der Waals surface area (Å²) in [5, 5.41) is 5.71. The van der Waals surface area contributed by atoms with Crippen molar-refractivity contribution in [3.8, 4) is 0 Å². The monoisotopic (exact) mass is 351 g/mol. The highest BCUT2D eigenvalue weighted by Gasteiger charge is 2.56. The predicted molar refractivity (Wildman–Crippen MR) is 96.9 cm³/mol. The summed E-state index contributed by atoms with van der Waals surface area (Å²) < 4.78 is 0. The molecular weight excluding hydrogens is 318 g/mol. The molecule has 4 amide bonds. The van der Waals surface area contributed by atoms with Crippen molar-refractivity contribution in [3.63, 3.8) is 0 Å². The zero-order valence-corrected chi connectivity index (χ0v) is 16.3. The third kappa shape index (κ3) is 4.73. The molecule has 1 saturated carbocycles. The fourth-order valence-corrected chi connectivity index (χ4v) is 4.59. The van der Waals surface area contributed by atoms with Crippen molar-refractivity contribution in [2.75, 3.05) is 13.1 Å². The number of nitrogens with one attached hydrogen (secondary N) is 2. The minimum atomic E-state index is -0.837. The Balaban J connectivity index is 1.96. The van der Waals surface area contributed by atoms with E-state index >= 15 is 0 Å². The van der Waals surface area contributed by atoms with E-state index < -0.39 is 11.6 Å². The van der Waals surface area contributed by atoms with Crippen LogP contribution in [0.25, 0.3) is 0 Å². The molecule has 25 heavy (non-hydrogen) atoms. The van der Waals surface area contributed by atoms with E-state index in [2.05, 4.69) is 45.3 Å². The first-order valence-electron chi connectivity index (χ1n) is 9.45. The topological polar surface area (TPSA) is 78.5 Å². The fourth-order valence-electron chi connectivity index (χ4n) is 4.59. The van der Waals surface area contributed by atoms with Gasteiger partial charge in [0.1, 0.15) is 12.1 Å². The molecule has 0 aromatic heterocycles. The number of rotatable bonds is 6. The van der Waals surface area contributed by atoms with Crippen LogP contribution in [-0.4, -0.2) is 41.4 Å². The molecule has 1 spiro atoms. The van der Waals surface area contributed by atoms with Crippen LogP contribution in [0.2, 0.25) is 0 Å². The van der Waals surface area contributed by atoms with Gasteiger partial charge in [-0.25, -0.2) is 4.79 Å². The molecule has 2 atom stereocenters. The summed E-state index contributed by atoms with van der Waals surface area (Å²) in [6, 6.07) is -0.438. The molecule has 0 bridgehead atoms. The molecule has 2 unspecified atom stereocenters. The molecule has 2 N–H and O–H groups in total. The van der Waals surface area contributed by atoms with Crippen molar-refractivity contribution in [2.24, 2.45) is 17.3 Å². The van der Waals surface area contributed by atoms with Gasteiger partial charge >= 0.3 is 6.03 Å². The number of nitrogens with zero attached hydrogens (tertiary/aromatic N) is 1. The molecule has 1 aliphatic carbocycles. The lowest BCUT2D eigenvalue weighted by molar-refractivity contribution is -0.137. The predicted octanol–water partition coefficient (Wildman–Crippen LogP) is 2.68. The summed E-state index contributed by atoms with van der Waals surface area (Å²) in [5.74, 6) is 0.444. The Bertz CT molecular complexity index is 544. The SMILES string of the molecule is CC(C)CCCNC(=O)CN1C(=O)NC2(CC(C)CC(C)(C)C2)C1=O. The van der Waals surface area contributed by atoms with E-state index in [9.17, 15) is 14.4 Å². The fraction of sp³-hybridized carbons (Fsp3) is 0.842. The number of hydrogen-bond donors (Lipinski definition) is 2. The minimum Gasteiger partial charge on any atom is -0.355 e. The van der Waals surface area contributed by atoms with Gasteiger partial charge in [-0.1, -0.05) is 34.6 Å². The van der Waals surface area contributed by atoms with Gasteiger partial charge in [-0.2, -0.15) is 0 Å². The van der Waals surface area contributed by atoms with Crippen molar-refractivity contribution >= 4 is 17.8 Å². The van der Waals surface area contributed by atoms with E-state index in [0.717, 1.165) is 24.2 Å². The van der Waals surface area contributed by atoms with Crippen LogP contribution in [0.4, 0.5) is 4.79 Å². The van der Waals surface area contributed by atoms with Crippen LogP contribution in [0.3, 0.4) is 0 Å². The van der Waals surface area contributed by atoms with Gasteiger partial charge < -0.3 is 10.6 Å². The maximum Gasteiger partial charge on any atom is 0.325 e. The van der Waals surface area contributed by atoms with E-state index in [4.69, 9.17) is 0 Å². The number of imide groups is 1. The average molecular weight is 351 g/mol. The molecule has 2 aliphatic rings. The Labute approximate surface area is 151 Å². The van der Waals surface area contributed by atoms with Crippen molar-refractivity contribution < 1.29 is 14.4 Å². The van der Waals surface area contributed by atoms with Crippen molar-refractivity contribution in [2.45, 2.75) is 72.3 Å². The molecule has 142 valence electrons. The highest BCUT2D eigenvalue weighted by atomic mass is 16.2. The van der Waals surface area contributed by atoms with E-state index in [1.807, 2.05) is 0 Å². The molecule has 1 aliphatic heterocycles. The number of carbonyl (C=O) groups is 3. The quantitative estimate of drug-likeness (QED) is 0.570. The van der Waals surface area contributed by atoms with Gasteiger partial charge in [0.25, 0.3) is 5.91 Å². The first kappa shape index (κ1) is 19.7. The first-order valence-corrected chi connectivity index (χ1v) is 9.45. The third-order valence-electron chi connectivity index (χ3n) is 5.21. The molecule has 0 aromatic rings. The van der Waals surface area contributed by atoms with Crippen LogP contribution in [0.15, 0.2) is 0 Å². The minimum absolute atomic E-state index is 0.00424. The van der Waals surface area contributed by atoms with Gasteiger partial charge in [0.05, 0.1) is 0 Å². The standard InChI is InChI=1S/C19H33N3O3/c1-13(2)7-6-8-20-15(23)11-22-16(24)19(21-17(22)25)10-14(3)9-18(4,5)12-19/h13-14H,6-12H2,1-5H3,(H,20,23)(H,21,25). The molecule has 0 radical (unpaired) electrons. The lowest BCUT2D eigenvalue weighted by Gasteiger charge is -2.43. The van der Waals surface area contributed by atoms with E-state index in [1.165, 1.54) is 0 Å². The normalized spacial score (nSPS) is 28.6. The molecule has 1 saturated heterocycles. The van der Waals surface area contributed by atoms with E-state index in [-0.39, 0.29) is 23.8 Å². The summed E-state index contributed by atoms with van der Waals surface area (Å²) >= 11 is 0. The van der Waals surface area contributed by atoms with Gasteiger partial charge in [0.15, 0.2) is 0 Å². The van der Waals surface area contributed by atoms with Crippen LogP contribution in [-0.2, 0) is 9.59 Å². The second-order valence-corrected chi connectivity index (χ2v) is 9.14. The number of carbonyl (C=O) groups excluding carboxylic acids is 3. The van der Waals surface area contributed by atoms with Gasteiger partial charge in [-0.05, 0) is 49.4 Å². The Morgan fingerprint density at radius 3 is 2.60 bits per heavy atom. The zero-order valence-electron chi connectivity index (χ0n) is 16.3. The molecule has 6 heteroatoms. The van der Waals surface area contributed by atoms with Gasteiger partial charge in [-0.15, -0.1) is 0 Å². The summed E-state index contributed by atoms with van der Waals surface area (Å²) in [5.41, 5.74) is -0.841. The van der Waals surface area contributed by atoms with Gasteiger partial charge in [-0.3, -0.25) is 14.5 Å². The Kier molecular flexibility index (Phi) is 5.79. The molecule has 0 aromatic carbocycles. The number of hydrogen-bond acceptors (Lipinski definition) is 3. The smallest absolute Gasteiger partial charge is 0.325 e. The van der Waals surface area contributed by atoms with Crippen LogP contribution in [0.5, 0.6) is 0 Å². The Morgan fingerprint density at radius 2 is 2.00 bits per heavy atom. The highest BCUT2D eigenvalue weighted by molar-refractivity contribution is 6.09. The highest BCUT2D eigenvalue weighted by Crippen LogP contribution is 2.46. The Hall–Kier alpha value is -1.59. The maximum absolute atomic E-state index is 12.9. The largest absolute Gasteiger partial charge is 0.355 e. The summed E-state index contributed by atoms with van der Waals surface area (Å²) in [6.45, 7) is 11.1. The second kappa shape index (κ2) is 7.34. The van der Waals surface area contributed by atoms with Gasteiger partial charge in [0, 0.05) is 6.54 Å². The van der Waals surface area contributed by atoms with Gasteiger partial charge in [0.2, 0.25) is 5.91 Å². The molecule has 6 nitrogen and oxygen atoms in total. The van der Waals surface area contributed by atoms with Crippen LogP contribution >= 0.6 is 0 Å². The average Bonchev–Trinajstić information content (AvgIpc) is 2.65. The molecule has 1 heterocycles. The van der Waals surface area contributed by atoms with Crippen LogP contribution < -0.4 is 10.6 Å². The van der Waals surface area contributed by atoms with Crippen molar-refractivity contribution in [1.29, 1.82) is 0 Å². The molecule has 2 fully saturated rings. The summed E-state index contributed by atoms with van der Waals surface area (Å²) in [4.78, 5) is 38.5. The number of amides is 4. The Morgan fingerprint density at radius 1 is 1.32 bits per heavy atom. The van der Waals surface area contributed by atoms with Crippen LogP contribution in [0.1, 0.15) is 66.7 Å². The van der Waals surface area contributed by atoms with Crippen LogP contribution in [0, 0.1) is 17.3 Å². The lowest BCUT2D eigenvalue weighted by atomic mass is 9.64. The van der Waals surface area contributed by atoms with E-state index in [1.54, 1.807) is 0 Å². The lowest BCUT2D eigenvalue weighted by Crippen LogP contribution is -2.54. The zero-order chi connectivity index (χ0) is 18.8. The van der Waals surface area contributed by atoms with Crippen molar-refractivity contribution in [1.82, 2.24) is 15.5 Å². The molecular formula is C19H33N3O3. The summed E-state index contributed by atoms with van der Waals surface area (Å²) in [6.07, 6.45) is 4.25. The number of urea groups is 1. The van der Waals surface area contributed by atoms with Crippen molar-refractivity contribution in [3.05, 3.63) is 0 Å². The molecule has 2 rings (SSSR count). The summed E-state index contributed by atoms with van der Waals surface area (Å²) in [7, 11) is 0. The second-order valence-electron chi connectivity index (χ2n) is 9.14.